The zero-order valence-corrected chi connectivity index (χ0v) is 20.3. The molecule has 5 nitrogen and oxygen atoms in total. The summed E-state index contributed by atoms with van der Waals surface area (Å²) in [6, 6.07) is 11.4. The van der Waals surface area contributed by atoms with E-state index in [1.165, 1.54) is 5.56 Å². The van der Waals surface area contributed by atoms with Crippen molar-refractivity contribution in [3.8, 4) is 10.6 Å². The smallest absolute Gasteiger partial charge is 0.191 e. The number of aromatic nitrogens is 1. The summed E-state index contributed by atoms with van der Waals surface area (Å²) in [5.41, 5.74) is 2.31. The Morgan fingerprint density at radius 1 is 1.29 bits per heavy atom. The average Bonchev–Trinajstić information content (AvgIpc) is 3.29. The minimum atomic E-state index is 0. The summed E-state index contributed by atoms with van der Waals surface area (Å²) >= 11 is 1.71. The normalized spacial score (nSPS) is 20.2. The van der Waals surface area contributed by atoms with Crippen molar-refractivity contribution in [2.24, 2.45) is 10.9 Å². The van der Waals surface area contributed by atoms with Crippen LogP contribution in [0.5, 0.6) is 0 Å². The Balaban J connectivity index is 0.00000280. The third kappa shape index (κ3) is 6.15. The lowest BCUT2D eigenvalue weighted by molar-refractivity contribution is 0.265. The summed E-state index contributed by atoms with van der Waals surface area (Å²) in [4.78, 5) is 11.7. The van der Waals surface area contributed by atoms with E-state index in [9.17, 15) is 0 Å². The number of halogens is 1. The summed E-state index contributed by atoms with van der Waals surface area (Å²) in [5, 5.41) is 10.3. The third-order valence-corrected chi connectivity index (χ3v) is 6.10. The van der Waals surface area contributed by atoms with Crippen molar-refractivity contribution in [2.45, 2.75) is 39.3 Å². The number of nitrogens with zero attached hydrogens (tertiary/aromatic N) is 3. The van der Waals surface area contributed by atoms with Gasteiger partial charge >= 0.3 is 0 Å². The fourth-order valence-electron chi connectivity index (χ4n) is 3.43. The molecule has 1 fully saturated rings. The Bertz CT molecular complexity index is 746. The molecule has 154 valence electrons. The van der Waals surface area contributed by atoms with Gasteiger partial charge in [0.05, 0.1) is 5.69 Å². The van der Waals surface area contributed by atoms with Crippen molar-refractivity contribution in [3.63, 3.8) is 0 Å². The number of hydrogen-bond acceptors (Lipinski definition) is 4. The molecule has 1 aliphatic heterocycles. The van der Waals surface area contributed by atoms with E-state index in [1.807, 2.05) is 13.1 Å². The van der Waals surface area contributed by atoms with Crippen LogP contribution in [0.3, 0.4) is 0 Å². The van der Waals surface area contributed by atoms with Crippen LogP contribution in [0.2, 0.25) is 0 Å². The maximum absolute atomic E-state index is 4.76. The lowest BCUT2D eigenvalue weighted by Crippen LogP contribution is -2.47. The molecule has 0 bridgehead atoms. The fraction of sp³-hybridized carbons (Fsp3) is 0.524. The SMILES string of the molecule is CN=C(NCCc1csc(-c2ccccc2)n1)NC1CN(C(C)C)CC1C.I. The summed E-state index contributed by atoms with van der Waals surface area (Å²) in [5.74, 6) is 1.51. The molecule has 0 radical (unpaired) electrons. The zero-order chi connectivity index (χ0) is 19.2. The number of hydrogen-bond donors (Lipinski definition) is 2. The van der Waals surface area contributed by atoms with E-state index in [1.54, 1.807) is 11.3 Å². The zero-order valence-electron chi connectivity index (χ0n) is 17.2. The number of nitrogens with one attached hydrogen (secondary N) is 2. The van der Waals surface area contributed by atoms with Crippen molar-refractivity contribution in [2.75, 3.05) is 26.7 Å². The molecule has 0 aliphatic carbocycles. The maximum atomic E-state index is 4.76. The van der Waals surface area contributed by atoms with Gasteiger partial charge in [0.25, 0.3) is 0 Å². The van der Waals surface area contributed by atoms with Crippen LogP contribution >= 0.6 is 35.3 Å². The molecule has 0 spiro atoms. The molecule has 28 heavy (non-hydrogen) atoms. The van der Waals surface area contributed by atoms with E-state index >= 15 is 0 Å². The first-order chi connectivity index (χ1) is 13.1. The van der Waals surface area contributed by atoms with Crippen molar-refractivity contribution in [1.82, 2.24) is 20.5 Å². The topological polar surface area (TPSA) is 52.6 Å². The lowest BCUT2D eigenvalue weighted by atomic mass is 10.1. The minimum absolute atomic E-state index is 0. The second-order valence-electron chi connectivity index (χ2n) is 7.53. The summed E-state index contributed by atoms with van der Waals surface area (Å²) in [7, 11) is 1.84. The van der Waals surface area contributed by atoms with E-state index in [-0.39, 0.29) is 24.0 Å². The molecule has 2 atom stereocenters. The van der Waals surface area contributed by atoms with Crippen molar-refractivity contribution < 1.29 is 0 Å². The number of guanidine groups is 1. The molecule has 0 saturated carbocycles. The van der Waals surface area contributed by atoms with Crippen molar-refractivity contribution in [3.05, 3.63) is 41.4 Å². The molecule has 1 aliphatic rings. The predicted octanol–water partition coefficient (Wildman–Crippen LogP) is 3.86. The molecule has 2 N–H and O–H groups in total. The number of aliphatic imine (C=N–C) groups is 1. The van der Waals surface area contributed by atoms with E-state index in [4.69, 9.17) is 4.98 Å². The summed E-state index contributed by atoms with van der Waals surface area (Å²) in [6.45, 7) is 9.89. The maximum Gasteiger partial charge on any atom is 0.191 e. The van der Waals surface area contributed by atoms with Crippen LogP contribution < -0.4 is 10.6 Å². The third-order valence-electron chi connectivity index (χ3n) is 5.16. The van der Waals surface area contributed by atoms with E-state index in [0.29, 0.717) is 18.0 Å². The molecule has 3 rings (SSSR count). The van der Waals surface area contributed by atoms with Gasteiger partial charge in [0.1, 0.15) is 5.01 Å². The minimum Gasteiger partial charge on any atom is -0.356 e. The molecular formula is C21H32IN5S. The highest BCUT2D eigenvalue weighted by Gasteiger charge is 2.31. The van der Waals surface area contributed by atoms with Crippen LogP contribution in [0.25, 0.3) is 10.6 Å². The van der Waals surface area contributed by atoms with E-state index in [0.717, 1.165) is 42.7 Å². The van der Waals surface area contributed by atoms with Crippen LogP contribution in [-0.2, 0) is 6.42 Å². The van der Waals surface area contributed by atoms with Gasteiger partial charge in [-0.05, 0) is 19.8 Å². The second-order valence-corrected chi connectivity index (χ2v) is 8.39. The van der Waals surface area contributed by atoms with Crippen molar-refractivity contribution in [1.29, 1.82) is 0 Å². The number of thiazole rings is 1. The molecule has 2 heterocycles. The molecule has 1 saturated heterocycles. The highest BCUT2D eigenvalue weighted by molar-refractivity contribution is 14.0. The first-order valence-electron chi connectivity index (χ1n) is 9.78. The Kier molecular flexibility index (Phi) is 9.17. The fourth-order valence-corrected chi connectivity index (χ4v) is 4.29. The van der Waals surface area contributed by atoms with Gasteiger partial charge < -0.3 is 10.6 Å². The van der Waals surface area contributed by atoms with Crippen LogP contribution in [-0.4, -0.2) is 54.6 Å². The highest BCUT2D eigenvalue weighted by Crippen LogP contribution is 2.23. The van der Waals surface area contributed by atoms with Gasteiger partial charge in [0.2, 0.25) is 0 Å². The summed E-state index contributed by atoms with van der Waals surface area (Å²) in [6.07, 6.45) is 0.891. The molecule has 7 heteroatoms. The van der Waals surface area contributed by atoms with Gasteiger partial charge in [-0.15, -0.1) is 35.3 Å². The Morgan fingerprint density at radius 2 is 2.04 bits per heavy atom. The number of benzene rings is 1. The van der Waals surface area contributed by atoms with Gasteiger partial charge in [0.15, 0.2) is 5.96 Å². The Labute approximate surface area is 190 Å². The quantitative estimate of drug-likeness (QED) is 0.350. The molecular weight excluding hydrogens is 481 g/mol. The standard InChI is InChI=1S/C21H31N5S.HI/c1-15(2)26-12-16(3)19(13-26)25-21(22-4)23-11-10-18-14-27-20(24-18)17-8-6-5-7-9-17;/h5-9,14-16,19H,10-13H2,1-4H3,(H2,22,23,25);1H. The Morgan fingerprint density at radius 3 is 2.68 bits per heavy atom. The lowest BCUT2D eigenvalue weighted by Gasteiger charge is -2.21. The van der Waals surface area contributed by atoms with Crippen LogP contribution in [0.1, 0.15) is 26.5 Å². The molecule has 1 aromatic heterocycles. The number of likely N-dealkylation sites (tertiary alicyclic amines) is 1. The average molecular weight is 513 g/mol. The first-order valence-corrected chi connectivity index (χ1v) is 10.7. The predicted molar refractivity (Wildman–Crippen MR) is 131 cm³/mol. The van der Waals surface area contributed by atoms with Crippen LogP contribution in [0, 0.1) is 5.92 Å². The second kappa shape index (κ2) is 11.1. The Hall–Kier alpha value is -1.19. The first kappa shape index (κ1) is 23.1. The molecule has 1 aromatic carbocycles. The monoisotopic (exact) mass is 513 g/mol. The van der Waals surface area contributed by atoms with E-state index < -0.39 is 0 Å². The number of rotatable bonds is 6. The van der Waals surface area contributed by atoms with Crippen LogP contribution in [0.15, 0.2) is 40.7 Å². The highest BCUT2D eigenvalue weighted by atomic mass is 127. The summed E-state index contributed by atoms with van der Waals surface area (Å²) < 4.78 is 0. The van der Waals surface area contributed by atoms with Gasteiger partial charge in [-0.3, -0.25) is 9.89 Å². The van der Waals surface area contributed by atoms with Gasteiger partial charge in [-0.25, -0.2) is 4.98 Å². The molecule has 2 aromatic rings. The molecule has 0 amide bonds. The van der Waals surface area contributed by atoms with Gasteiger partial charge in [-0.1, -0.05) is 37.3 Å². The largest absolute Gasteiger partial charge is 0.356 e. The van der Waals surface area contributed by atoms with Crippen LogP contribution in [0.4, 0.5) is 0 Å². The van der Waals surface area contributed by atoms with Gasteiger partial charge in [0, 0.05) is 56.1 Å². The van der Waals surface area contributed by atoms with Gasteiger partial charge in [-0.2, -0.15) is 0 Å². The van der Waals surface area contributed by atoms with E-state index in [2.05, 4.69) is 70.9 Å². The van der Waals surface area contributed by atoms with Crippen molar-refractivity contribution >= 4 is 41.3 Å². The molecule has 2 unspecified atom stereocenters.